The number of ketones is 2. The second-order valence-electron chi connectivity index (χ2n) is 28.9. The highest BCUT2D eigenvalue weighted by Crippen LogP contribution is 2.66. The summed E-state index contributed by atoms with van der Waals surface area (Å²) in [6.45, 7) is 15.5. The van der Waals surface area contributed by atoms with Crippen molar-refractivity contribution in [3.05, 3.63) is 109 Å². The molecular formula is C68H76B3ClF6N10O21S2. The molecule has 10 N–H and O–H groups in total. The van der Waals surface area contributed by atoms with Crippen LogP contribution in [0.4, 0.5) is 46.2 Å². The molecule has 8 amide bonds. The van der Waals surface area contributed by atoms with Crippen LogP contribution >= 0.6 is 34.3 Å². The summed E-state index contributed by atoms with van der Waals surface area (Å²) in [5.74, 6) is -19.6. The first-order valence-electron chi connectivity index (χ1n) is 34.8. The van der Waals surface area contributed by atoms with Crippen LogP contribution in [-0.4, -0.2) is 205 Å². The lowest BCUT2D eigenvalue weighted by Gasteiger charge is -2.64. The number of halogens is 7. The number of nitrogens with zero attached hydrogens (tertiary/aromatic N) is 6. The number of hydrogen-bond donors (Lipinski definition) is 8. The Balaban J connectivity index is 0.000000178. The number of urea groups is 2. The Morgan fingerprint density at radius 1 is 0.676 bits per heavy atom. The van der Waals surface area contributed by atoms with E-state index in [0.717, 1.165) is 35.5 Å². The van der Waals surface area contributed by atoms with Gasteiger partial charge in [-0.3, -0.25) is 38.6 Å². The molecule has 111 heavy (non-hydrogen) atoms. The van der Waals surface area contributed by atoms with E-state index in [0.29, 0.717) is 39.8 Å². The number of carboxylic acid groups (broad SMARTS) is 2. The van der Waals surface area contributed by atoms with E-state index in [1.807, 2.05) is 0 Å². The van der Waals surface area contributed by atoms with Gasteiger partial charge in [0.05, 0.1) is 35.5 Å². The van der Waals surface area contributed by atoms with Crippen LogP contribution in [-0.2, 0) is 62.1 Å². The predicted molar refractivity (Wildman–Crippen MR) is 383 cm³/mol. The van der Waals surface area contributed by atoms with Gasteiger partial charge in [-0.25, -0.2) is 60.3 Å². The summed E-state index contributed by atoms with van der Waals surface area (Å²) in [6, 6.07) is -3.60. The third kappa shape index (κ3) is 17.1. The molecule has 2 bridgehead atoms. The number of esters is 1. The number of rotatable bonds is 19. The molecule has 3 aliphatic carbocycles. The van der Waals surface area contributed by atoms with Crippen LogP contribution in [0.25, 0.3) is 0 Å². The lowest BCUT2D eigenvalue weighted by Crippen LogP contribution is -2.65. The largest absolute Gasteiger partial charge is 0.535 e. The maximum absolute atomic E-state index is 14.9. The van der Waals surface area contributed by atoms with Crippen LogP contribution in [0.3, 0.4) is 0 Å². The molecule has 31 nitrogen and oxygen atoms in total. The molecule has 3 unspecified atom stereocenters. The quantitative estimate of drug-likeness (QED) is 0.0143. The molecule has 0 radical (unpaired) electrons. The molecule has 5 aromatic rings. The van der Waals surface area contributed by atoms with Crippen LogP contribution < -0.4 is 36.1 Å². The SMILES string of the molecule is CCN1CCN(C(=O)NC(C(=O)C[C@H]2Cc3c(F)cc(F)c(C(=O)O)c3OB2O)c2csc(N)n2)C(=O)C1=O.CCN1CCN(C(=O)NC(C(=O)C[C@H]2Cc3c(F)cc(F)c(C(=O)O)c3OB2O)c2csc(N)n2)C(=O)C1=O.COc1c(C[C@@H](Cl)B2OC3C[C@@H]4C[C@@H](C4(C)C)[C@]3(C)O2)c(F)cc(F)c1C(=O)OC(C)(C)C. The lowest BCUT2D eigenvalue weighted by atomic mass is 9.43. The summed E-state index contributed by atoms with van der Waals surface area (Å²) in [6.07, 6.45) is 0.0215. The number of ether oxygens (including phenoxy) is 2. The molecule has 3 aromatic carbocycles. The minimum absolute atomic E-state index is 0.0170. The number of amides is 8. The zero-order valence-corrected chi connectivity index (χ0v) is 63.3. The maximum atomic E-state index is 14.9. The number of nitrogens with one attached hydrogen (secondary N) is 2. The van der Waals surface area contributed by atoms with Gasteiger partial charge >= 0.3 is 75.0 Å². The molecule has 13 rings (SSSR count). The van der Waals surface area contributed by atoms with Gasteiger partial charge < -0.3 is 80.3 Å². The topological polar surface area (TPSA) is 439 Å². The van der Waals surface area contributed by atoms with Crippen molar-refractivity contribution in [2.75, 3.05) is 57.8 Å². The Morgan fingerprint density at radius 2 is 1.11 bits per heavy atom. The van der Waals surface area contributed by atoms with Crippen molar-refractivity contribution in [3.63, 3.8) is 0 Å². The fraction of sp³-hybridized carbons (Fsp3) is 0.485. The van der Waals surface area contributed by atoms with Gasteiger partial charge in [0.2, 0.25) is 0 Å². The number of carboxylic acids is 2. The van der Waals surface area contributed by atoms with Gasteiger partial charge in [0.25, 0.3) is 0 Å². The number of alkyl halides is 1. The van der Waals surface area contributed by atoms with E-state index in [9.17, 15) is 99.3 Å². The van der Waals surface area contributed by atoms with Crippen LogP contribution in [0.5, 0.6) is 17.2 Å². The molecule has 43 heteroatoms. The summed E-state index contributed by atoms with van der Waals surface area (Å²) in [5.41, 5.74) is 7.20. The Hall–Kier alpha value is -9.61. The smallest absolute Gasteiger partial charge is 0.526 e. The number of imide groups is 2. The van der Waals surface area contributed by atoms with Gasteiger partial charge in [0, 0.05) is 109 Å². The van der Waals surface area contributed by atoms with E-state index in [-0.39, 0.29) is 114 Å². The van der Waals surface area contributed by atoms with E-state index in [4.69, 9.17) is 51.2 Å². The summed E-state index contributed by atoms with van der Waals surface area (Å²) in [5, 5.41) is 46.4. The number of nitrogen functional groups attached to an aromatic ring is 2. The van der Waals surface area contributed by atoms with Gasteiger partial charge in [-0.05, 0) is 90.9 Å². The van der Waals surface area contributed by atoms with E-state index in [1.54, 1.807) is 34.6 Å². The molecule has 3 saturated carbocycles. The summed E-state index contributed by atoms with van der Waals surface area (Å²) in [7, 11) is -3.14. The number of carbonyl (C=O) groups is 11. The van der Waals surface area contributed by atoms with Gasteiger partial charge in [-0.1, -0.05) is 13.8 Å². The number of aromatic nitrogens is 2. The van der Waals surface area contributed by atoms with Gasteiger partial charge in [-0.15, -0.1) is 34.3 Å². The van der Waals surface area contributed by atoms with E-state index in [2.05, 4.69) is 41.4 Å². The maximum Gasteiger partial charge on any atom is 0.526 e. The van der Waals surface area contributed by atoms with Gasteiger partial charge in [0.15, 0.2) is 21.8 Å². The van der Waals surface area contributed by atoms with Crippen molar-refractivity contribution in [3.8, 4) is 17.2 Å². The van der Waals surface area contributed by atoms with Gasteiger partial charge in [-0.2, -0.15) is 0 Å². The van der Waals surface area contributed by atoms with Crippen LogP contribution in [0.15, 0.2) is 29.0 Å². The fourth-order valence-corrected chi connectivity index (χ4v) is 16.2. The number of nitrogens with two attached hydrogens (primary N) is 2. The molecule has 7 heterocycles. The molecule has 2 aromatic heterocycles. The fourth-order valence-electron chi connectivity index (χ4n) is 14.7. The molecule has 0 spiro atoms. The second-order valence-corrected chi connectivity index (χ2v) is 31.2. The zero-order chi connectivity index (χ0) is 81.7. The Kier molecular flexibility index (Phi) is 24.9. The number of thiazole rings is 2. The summed E-state index contributed by atoms with van der Waals surface area (Å²) < 4.78 is 120. The number of carbonyl (C=O) groups excluding carboxylic acids is 9. The van der Waals surface area contributed by atoms with Crippen molar-refractivity contribution in [2.24, 2.45) is 17.3 Å². The number of benzene rings is 3. The van der Waals surface area contributed by atoms with Crippen LogP contribution in [0, 0.1) is 52.2 Å². The van der Waals surface area contributed by atoms with Crippen molar-refractivity contribution in [1.29, 1.82) is 0 Å². The molecule has 3 saturated heterocycles. The van der Waals surface area contributed by atoms with Crippen molar-refractivity contribution in [2.45, 2.75) is 147 Å². The van der Waals surface area contributed by atoms with E-state index in [1.165, 1.54) is 27.7 Å². The summed E-state index contributed by atoms with van der Waals surface area (Å²) in [4.78, 5) is 149. The average molecular weight is 1620 g/mol. The number of Topliss-reactive ketones (excluding diaryl/α,β-unsaturated/α-hetero) is 2. The number of fused-ring (bicyclic) bond motifs is 2. The molecular weight excluding hydrogens is 1540 g/mol. The normalized spacial score (nSPS) is 21.8. The predicted octanol–water partition coefficient (Wildman–Crippen LogP) is 6.52. The highest BCUT2D eigenvalue weighted by Gasteiger charge is 2.68. The third-order valence-corrected chi connectivity index (χ3v) is 22.4. The number of anilines is 2. The minimum Gasteiger partial charge on any atom is -0.535 e. The number of likely N-dealkylation sites (N-methyl/N-ethyl adjacent to an activating group) is 2. The molecule has 8 aliphatic rings. The first kappa shape index (κ1) is 83.9. The standard InChI is InChI=1S/C24H32BClF2O5.2C22H22BF2N5O8S/c1-22(2,3)31-21(29)19-15(28)11-14(27)13(20(19)30-7)10-18(26)25-32-17-9-12-8-16(23(12,4)5)24(17,6)33-25;2*1-2-29-3-4-30(19(33)18(29)32)22(36)28-16(13-8-39-21(26)27-13)14(31)6-9-5-10-11(24)7-12(25)15(20(34)35)17(10)38-23(9)37/h11-12,16-18H,8-10H2,1-7H3;2*7-9,16,37H,2-6H2,1H3,(H2,26,27)(H,28,36)(H,34,35)/t12-,16-,17?,18+,24-;2*9-,16?/m011/s1. The van der Waals surface area contributed by atoms with Crippen molar-refractivity contribution < 1.29 is 127 Å². The Bertz CT molecular complexity index is 4400. The highest BCUT2D eigenvalue weighted by atomic mass is 35.5. The van der Waals surface area contributed by atoms with E-state index >= 15 is 0 Å². The van der Waals surface area contributed by atoms with Gasteiger partial charge in [0.1, 0.15) is 86.5 Å². The first-order chi connectivity index (χ1) is 52.0. The number of methoxy groups -OCH3 is 1. The Morgan fingerprint density at radius 3 is 1.50 bits per heavy atom. The highest BCUT2D eigenvalue weighted by molar-refractivity contribution is 7.13. The van der Waals surface area contributed by atoms with Crippen molar-refractivity contribution >= 4 is 131 Å². The van der Waals surface area contributed by atoms with Crippen LogP contribution in [0.2, 0.25) is 11.6 Å². The first-order valence-corrected chi connectivity index (χ1v) is 37.0. The number of piperazine rings is 2. The molecule has 5 aliphatic heterocycles. The zero-order valence-electron chi connectivity index (χ0n) is 61.0. The Labute approximate surface area is 643 Å². The number of aromatic carboxylic acids is 2. The monoisotopic (exact) mass is 1610 g/mol. The molecule has 9 atom stereocenters. The van der Waals surface area contributed by atoms with Crippen LogP contribution in [0.1, 0.15) is 152 Å². The molecule has 6 fully saturated rings. The third-order valence-electron chi connectivity index (χ3n) is 20.6. The molecule has 594 valence electrons. The lowest BCUT2D eigenvalue weighted by molar-refractivity contribution is -0.199. The number of hydrogen-bond acceptors (Lipinski definition) is 25. The minimum atomic E-state index is -1.82. The summed E-state index contributed by atoms with van der Waals surface area (Å²) >= 11 is 8.62. The second kappa shape index (κ2) is 33.0. The van der Waals surface area contributed by atoms with Crippen molar-refractivity contribution in [1.82, 2.24) is 40.2 Å². The average Bonchev–Trinajstić information content (AvgIpc) is 1.61. The van der Waals surface area contributed by atoms with E-state index < -0.39 is 203 Å².